The first-order chi connectivity index (χ1) is 4.84. The zero-order valence-electron chi connectivity index (χ0n) is 5.63. The van der Waals surface area contributed by atoms with Crippen molar-refractivity contribution in [2.75, 3.05) is 6.16 Å². The molecule has 0 nitrogen and oxygen atoms in total. The molecule has 2 heteroatoms. The van der Waals surface area contributed by atoms with E-state index in [1.807, 2.05) is 30.3 Å². The van der Waals surface area contributed by atoms with Crippen molar-refractivity contribution in [1.82, 2.24) is 0 Å². The van der Waals surface area contributed by atoms with Crippen LogP contribution in [0.5, 0.6) is 0 Å². The summed E-state index contributed by atoms with van der Waals surface area (Å²) in [4.78, 5) is 0. The van der Waals surface area contributed by atoms with Crippen LogP contribution < -0.4 is 0 Å². The van der Waals surface area contributed by atoms with Crippen LogP contribution in [0.2, 0.25) is 0 Å². The highest BCUT2D eigenvalue weighted by molar-refractivity contribution is 7.16. The van der Waals surface area contributed by atoms with Gasteiger partial charge in [-0.25, -0.2) is 0 Å². The van der Waals surface area contributed by atoms with Gasteiger partial charge >= 0.3 is 0 Å². The summed E-state index contributed by atoms with van der Waals surface area (Å²) in [6.45, 7) is 0. The first-order valence-corrected chi connectivity index (χ1v) is 4.49. The molecule has 2 unspecified atom stereocenters. The first-order valence-electron chi connectivity index (χ1n) is 3.23. The molecular formula is C8H10ClP. The fourth-order valence-electron chi connectivity index (χ4n) is 0.798. The van der Waals surface area contributed by atoms with Gasteiger partial charge < -0.3 is 0 Å². The summed E-state index contributed by atoms with van der Waals surface area (Å²) < 4.78 is 0. The van der Waals surface area contributed by atoms with Crippen molar-refractivity contribution < 1.29 is 0 Å². The molecule has 0 spiro atoms. The Balaban J connectivity index is 2.75. The maximum absolute atomic E-state index is 5.97. The van der Waals surface area contributed by atoms with E-state index in [-0.39, 0.29) is 5.38 Å². The average Bonchev–Trinajstić information content (AvgIpc) is 2.05. The molecule has 54 valence electrons. The second-order valence-electron chi connectivity index (χ2n) is 2.11. The van der Waals surface area contributed by atoms with Crippen LogP contribution in [0.4, 0.5) is 0 Å². The second-order valence-corrected chi connectivity index (χ2v) is 3.11. The molecule has 0 bridgehead atoms. The van der Waals surface area contributed by atoms with Gasteiger partial charge in [0.05, 0.1) is 5.38 Å². The lowest BCUT2D eigenvalue weighted by molar-refractivity contribution is 1.10. The van der Waals surface area contributed by atoms with Crippen LogP contribution in [0.1, 0.15) is 10.9 Å². The summed E-state index contributed by atoms with van der Waals surface area (Å²) in [6, 6.07) is 10.1. The normalized spacial score (nSPS) is 13.0. The van der Waals surface area contributed by atoms with Crippen molar-refractivity contribution in [3.05, 3.63) is 35.9 Å². The molecule has 0 amide bonds. The fraction of sp³-hybridized carbons (Fsp3) is 0.250. The van der Waals surface area contributed by atoms with Crippen molar-refractivity contribution >= 4 is 20.8 Å². The van der Waals surface area contributed by atoms with Gasteiger partial charge in [0.25, 0.3) is 0 Å². The van der Waals surface area contributed by atoms with Crippen molar-refractivity contribution in [1.29, 1.82) is 0 Å². The number of hydrogen-bond acceptors (Lipinski definition) is 0. The molecule has 0 heterocycles. The minimum absolute atomic E-state index is 0.145. The van der Waals surface area contributed by atoms with E-state index in [9.17, 15) is 0 Å². The summed E-state index contributed by atoms with van der Waals surface area (Å²) in [7, 11) is 2.64. The van der Waals surface area contributed by atoms with E-state index in [1.165, 1.54) is 5.56 Å². The number of benzene rings is 1. The smallest absolute Gasteiger partial charge is 0.0619 e. The molecule has 1 aromatic carbocycles. The van der Waals surface area contributed by atoms with Gasteiger partial charge in [0.2, 0.25) is 0 Å². The lowest BCUT2D eigenvalue weighted by Crippen LogP contribution is -1.88. The SMILES string of the molecule is PCC(Cl)c1ccccc1. The lowest BCUT2D eigenvalue weighted by atomic mass is 10.2. The second kappa shape index (κ2) is 3.95. The molecule has 0 aromatic heterocycles. The minimum atomic E-state index is 0.145. The zero-order valence-corrected chi connectivity index (χ0v) is 7.54. The number of hydrogen-bond donors (Lipinski definition) is 0. The molecule has 0 aliphatic heterocycles. The van der Waals surface area contributed by atoms with Gasteiger partial charge in [0.1, 0.15) is 0 Å². The molecule has 0 saturated carbocycles. The zero-order chi connectivity index (χ0) is 7.40. The topological polar surface area (TPSA) is 0 Å². The summed E-state index contributed by atoms with van der Waals surface area (Å²) >= 11 is 5.97. The Labute approximate surface area is 68.8 Å². The maximum Gasteiger partial charge on any atom is 0.0619 e. The third kappa shape index (κ3) is 1.97. The maximum atomic E-state index is 5.97. The number of alkyl halides is 1. The van der Waals surface area contributed by atoms with Crippen LogP contribution in [0.3, 0.4) is 0 Å². The van der Waals surface area contributed by atoms with E-state index in [4.69, 9.17) is 11.6 Å². The van der Waals surface area contributed by atoms with Crippen LogP contribution in [0, 0.1) is 0 Å². The average molecular weight is 173 g/mol. The monoisotopic (exact) mass is 172 g/mol. The lowest BCUT2D eigenvalue weighted by Gasteiger charge is -2.04. The van der Waals surface area contributed by atoms with Gasteiger partial charge in [-0.05, 0) is 11.7 Å². The summed E-state index contributed by atoms with van der Waals surface area (Å²) in [5.74, 6) is 0. The van der Waals surface area contributed by atoms with Gasteiger partial charge in [-0.15, -0.1) is 20.8 Å². The van der Waals surface area contributed by atoms with Gasteiger partial charge in [-0.2, -0.15) is 0 Å². The number of halogens is 1. The molecule has 0 aliphatic carbocycles. The summed E-state index contributed by atoms with van der Waals surface area (Å²) in [6.07, 6.45) is 0.908. The highest BCUT2D eigenvalue weighted by Gasteiger charge is 2.01. The molecule has 1 aromatic rings. The van der Waals surface area contributed by atoms with E-state index in [2.05, 4.69) is 9.24 Å². The predicted octanol–water partition coefficient (Wildman–Crippen LogP) is 2.84. The third-order valence-electron chi connectivity index (χ3n) is 1.37. The van der Waals surface area contributed by atoms with E-state index in [1.54, 1.807) is 0 Å². The van der Waals surface area contributed by atoms with E-state index >= 15 is 0 Å². The van der Waals surface area contributed by atoms with Gasteiger partial charge in [-0.3, -0.25) is 0 Å². The Morgan fingerprint density at radius 3 is 2.40 bits per heavy atom. The molecule has 2 atom stereocenters. The van der Waals surface area contributed by atoms with E-state index < -0.39 is 0 Å². The first kappa shape index (κ1) is 8.04. The Morgan fingerprint density at radius 1 is 1.30 bits per heavy atom. The van der Waals surface area contributed by atoms with Crippen molar-refractivity contribution in [3.63, 3.8) is 0 Å². The van der Waals surface area contributed by atoms with Crippen molar-refractivity contribution in [2.45, 2.75) is 5.38 Å². The molecule has 0 saturated heterocycles. The minimum Gasteiger partial charge on any atom is -0.136 e. The number of rotatable bonds is 2. The molecule has 0 N–H and O–H groups in total. The molecule has 10 heavy (non-hydrogen) atoms. The summed E-state index contributed by atoms with van der Waals surface area (Å²) in [5.41, 5.74) is 1.19. The van der Waals surface area contributed by atoms with Crippen LogP contribution in [-0.4, -0.2) is 6.16 Å². The van der Waals surface area contributed by atoms with Crippen LogP contribution >= 0.6 is 20.8 Å². The largest absolute Gasteiger partial charge is 0.136 e. The quantitative estimate of drug-likeness (QED) is 0.475. The Hall–Kier alpha value is -0.0600. The van der Waals surface area contributed by atoms with E-state index in [0.29, 0.717) is 0 Å². The Kier molecular flexibility index (Phi) is 3.18. The standard InChI is InChI=1S/C8H10ClP/c9-8(6-10)7-4-2-1-3-5-7/h1-5,8H,6,10H2. The van der Waals surface area contributed by atoms with Crippen molar-refractivity contribution in [2.24, 2.45) is 0 Å². The highest BCUT2D eigenvalue weighted by Crippen LogP contribution is 2.21. The Morgan fingerprint density at radius 2 is 1.90 bits per heavy atom. The highest BCUT2D eigenvalue weighted by atomic mass is 35.5. The van der Waals surface area contributed by atoms with Crippen LogP contribution in [-0.2, 0) is 0 Å². The molecule has 1 rings (SSSR count). The molecular weight excluding hydrogens is 163 g/mol. The Bertz CT molecular complexity index is 186. The molecule has 0 aliphatic rings. The van der Waals surface area contributed by atoms with Gasteiger partial charge in [0.15, 0.2) is 0 Å². The van der Waals surface area contributed by atoms with Crippen molar-refractivity contribution in [3.8, 4) is 0 Å². The predicted molar refractivity (Wildman–Crippen MR) is 49.6 cm³/mol. The van der Waals surface area contributed by atoms with Gasteiger partial charge in [-0.1, -0.05) is 30.3 Å². The fourth-order valence-corrected chi connectivity index (χ4v) is 1.22. The van der Waals surface area contributed by atoms with Crippen LogP contribution in [0.25, 0.3) is 0 Å². The molecule has 0 radical (unpaired) electrons. The van der Waals surface area contributed by atoms with E-state index in [0.717, 1.165) is 6.16 Å². The summed E-state index contributed by atoms with van der Waals surface area (Å²) in [5, 5.41) is 0.145. The third-order valence-corrected chi connectivity index (χ3v) is 2.57. The molecule has 0 fully saturated rings. The van der Waals surface area contributed by atoms with Crippen LogP contribution in [0.15, 0.2) is 30.3 Å². The van der Waals surface area contributed by atoms with Gasteiger partial charge in [0, 0.05) is 0 Å².